The Morgan fingerprint density at radius 1 is 1.35 bits per heavy atom. The molecule has 1 aliphatic heterocycles. The van der Waals surface area contributed by atoms with Gasteiger partial charge in [-0.05, 0) is 31.2 Å². The molecule has 2 N–H and O–H groups in total. The zero-order valence-electron chi connectivity index (χ0n) is 11.6. The van der Waals surface area contributed by atoms with Crippen molar-refractivity contribution in [3.8, 4) is 0 Å². The Labute approximate surface area is 123 Å². The number of nitrogens with one attached hydrogen (secondary N) is 2. The molecule has 6 heteroatoms. The third kappa shape index (κ3) is 3.29. The second kappa shape index (κ2) is 6.24. The van der Waals surface area contributed by atoms with Gasteiger partial charge in [0.05, 0.1) is 23.8 Å². The van der Waals surface area contributed by atoms with Crippen molar-refractivity contribution < 1.29 is 9.59 Å². The zero-order valence-corrected chi connectivity index (χ0v) is 12.3. The van der Waals surface area contributed by atoms with Crippen molar-refractivity contribution >= 4 is 29.1 Å². The highest BCUT2D eigenvalue weighted by Crippen LogP contribution is 2.29. The highest BCUT2D eigenvalue weighted by molar-refractivity contribution is 6.33. The molecule has 20 heavy (non-hydrogen) atoms. The Kier molecular flexibility index (Phi) is 4.62. The van der Waals surface area contributed by atoms with Gasteiger partial charge in [0.1, 0.15) is 0 Å². The minimum Gasteiger partial charge on any atom is -0.352 e. The zero-order chi connectivity index (χ0) is 14.7. The maximum Gasteiger partial charge on any atom is 0.246 e. The van der Waals surface area contributed by atoms with Crippen molar-refractivity contribution in [2.45, 2.75) is 19.9 Å². The Balaban J connectivity index is 2.21. The number of piperazine rings is 1. The van der Waals surface area contributed by atoms with Crippen LogP contribution in [0.1, 0.15) is 25.5 Å². The third-order valence-electron chi connectivity index (χ3n) is 3.27. The largest absolute Gasteiger partial charge is 0.352 e. The van der Waals surface area contributed by atoms with Gasteiger partial charge in [0, 0.05) is 6.04 Å². The average molecular weight is 296 g/mol. The molecule has 1 aromatic rings. The van der Waals surface area contributed by atoms with E-state index in [-0.39, 0.29) is 30.9 Å². The first-order chi connectivity index (χ1) is 9.51. The number of nitrogens with zero attached hydrogens (tertiary/aromatic N) is 1. The molecule has 0 radical (unpaired) electrons. The number of rotatable bonds is 4. The molecule has 1 unspecified atom stereocenters. The van der Waals surface area contributed by atoms with Gasteiger partial charge in [0.15, 0.2) is 0 Å². The number of hydrogen-bond donors (Lipinski definition) is 2. The lowest BCUT2D eigenvalue weighted by atomic mass is 10.1. The molecule has 0 bridgehead atoms. The van der Waals surface area contributed by atoms with E-state index in [1.165, 1.54) is 0 Å². The van der Waals surface area contributed by atoms with Crippen LogP contribution in [0.2, 0.25) is 5.02 Å². The Hall–Kier alpha value is -1.59. The topological polar surface area (TPSA) is 61.4 Å². The summed E-state index contributed by atoms with van der Waals surface area (Å²) in [6.07, 6.45) is 0. The lowest BCUT2D eigenvalue weighted by Gasteiger charge is -2.28. The van der Waals surface area contributed by atoms with E-state index in [4.69, 9.17) is 11.6 Å². The van der Waals surface area contributed by atoms with Crippen molar-refractivity contribution in [2.75, 3.05) is 24.5 Å². The molecule has 0 saturated carbocycles. The molecule has 5 nitrogen and oxygen atoms in total. The molecule has 2 rings (SSSR count). The van der Waals surface area contributed by atoms with Crippen LogP contribution in [0.3, 0.4) is 0 Å². The molecule has 1 atom stereocenters. The molecule has 2 amide bonds. The van der Waals surface area contributed by atoms with Crippen molar-refractivity contribution in [2.24, 2.45) is 0 Å². The van der Waals surface area contributed by atoms with Gasteiger partial charge in [-0.2, -0.15) is 0 Å². The number of imide groups is 1. The van der Waals surface area contributed by atoms with E-state index in [0.29, 0.717) is 10.7 Å². The van der Waals surface area contributed by atoms with Crippen LogP contribution in [0.15, 0.2) is 18.2 Å². The lowest BCUT2D eigenvalue weighted by molar-refractivity contribution is -0.130. The maximum absolute atomic E-state index is 11.4. The highest BCUT2D eigenvalue weighted by atomic mass is 35.5. The second-order valence-electron chi connectivity index (χ2n) is 4.82. The van der Waals surface area contributed by atoms with Crippen molar-refractivity contribution in [3.05, 3.63) is 28.8 Å². The molecular formula is C14H18ClN3O2. The average Bonchev–Trinajstić information content (AvgIpc) is 2.37. The van der Waals surface area contributed by atoms with Gasteiger partial charge in [0.2, 0.25) is 11.8 Å². The molecule has 1 aliphatic rings. The molecule has 0 spiro atoms. The van der Waals surface area contributed by atoms with Crippen molar-refractivity contribution in [1.29, 1.82) is 0 Å². The number of amides is 2. The molecule has 1 saturated heterocycles. The monoisotopic (exact) mass is 295 g/mol. The minimum atomic E-state index is -0.303. The predicted octanol–water partition coefficient (Wildman–Crippen LogP) is 1.47. The van der Waals surface area contributed by atoms with Crippen LogP contribution < -0.4 is 15.5 Å². The molecule has 0 aromatic heterocycles. The van der Waals surface area contributed by atoms with Gasteiger partial charge in [-0.1, -0.05) is 24.6 Å². The van der Waals surface area contributed by atoms with Crippen LogP contribution in [0, 0.1) is 0 Å². The third-order valence-corrected chi connectivity index (χ3v) is 3.57. The number of anilines is 1. The van der Waals surface area contributed by atoms with E-state index < -0.39 is 0 Å². The quantitative estimate of drug-likeness (QED) is 0.826. The molecule has 0 aliphatic carbocycles. The Morgan fingerprint density at radius 2 is 2.00 bits per heavy atom. The Morgan fingerprint density at radius 3 is 2.55 bits per heavy atom. The molecule has 1 fully saturated rings. The first-order valence-electron chi connectivity index (χ1n) is 6.61. The fraction of sp³-hybridized carbons (Fsp3) is 0.429. The normalized spacial score (nSPS) is 17.1. The highest BCUT2D eigenvalue weighted by Gasteiger charge is 2.24. The smallest absolute Gasteiger partial charge is 0.246 e. The Bertz CT molecular complexity index is 517. The number of benzene rings is 1. The van der Waals surface area contributed by atoms with Crippen molar-refractivity contribution in [1.82, 2.24) is 10.6 Å². The van der Waals surface area contributed by atoms with Crippen molar-refractivity contribution in [3.63, 3.8) is 0 Å². The van der Waals surface area contributed by atoms with Crippen LogP contribution in [-0.4, -0.2) is 31.4 Å². The van der Waals surface area contributed by atoms with Crippen LogP contribution in [0.5, 0.6) is 0 Å². The first-order valence-corrected chi connectivity index (χ1v) is 6.99. The summed E-state index contributed by atoms with van der Waals surface area (Å²) in [4.78, 5) is 24.5. The summed E-state index contributed by atoms with van der Waals surface area (Å²) >= 11 is 6.29. The SMILES string of the molecule is CCNC(C)c1ccc(N2CC(=O)NC(=O)C2)c(Cl)c1. The van der Waals surface area contributed by atoms with Gasteiger partial charge in [-0.25, -0.2) is 0 Å². The number of carbonyl (C=O) groups excluding carboxylic acids is 2. The standard InChI is InChI=1S/C14H18ClN3O2/c1-3-16-9(2)10-4-5-12(11(15)6-10)18-7-13(19)17-14(20)8-18/h4-6,9,16H,3,7-8H2,1-2H3,(H,17,19,20). The van der Waals surface area contributed by atoms with Gasteiger partial charge < -0.3 is 10.2 Å². The number of hydrogen-bond acceptors (Lipinski definition) is 4. The molecular weight excluding hydrogens is 278 g/mol. The fourth-order valence-corrected chi connectivity index (χ4v) is 2.59. The van der Waals surface area contributed by atoms with Gasteiger partial charge in [-0.3, -0.25) is 14.9 Å². The van der Waals surface area contributed by atoms with Gasteiger partial charge in [0.25, 0.3) is 0 Å². The van der Waals surface area contributed by atoms with E-state index in [9.17, 15) is 9.59 Å². The summed E-state index contributed by atoms with van der Waals surface area (Å²) in [5.74, 6) is -0.607. The minimum absolute atomic E-state index is 0.146. The summed E-state index contributed by atoms with van der Waals surface area (Å²) in [5, 5.41) is 6.13. The van der Waals surface area contributed by atoms with Crippen LogP contribution in [0.25, 0.3) is 0 Å². The van der Waals surface area contributed by atoms with Crippen LogP contribution in [-0.2, 0) is 9.59 Å². The number of carbonyl (C=O) groups is 2. The van der Waals surface area contributed by atoms with Crippen LogP contribution >= 0.6 is 11.6 Å². The van der Waals surface area contributed by atoms with E-state index in [2.05, 4.69) is 17.6 Å². The van der Waals surface area contributed by atoms with E-state index in [1.54, 1.807) is 4.90 Å². The van der Waals surface area contributed by atoms with E-state index in [1.807, 2.05) is 25.1 Å². The number of halogens is 1. The second-order valence-corrected chi connectivity index (χ2v) is 5.22. The summed E-state index contributed by atoms with van der Waals surface area (Å²) in [7, 11) is 0. The van der Waals surface area contributed by atoms with E-state index in [0.717, 1.165) is 12.1 Å². The molecule has 108 valence electrons. The lowest BCUT2D eigenvalue weighted by Crippen LogP contribution is -2.51. The predicted molar refractivity (Wildman–Crippen MR) is 78.9 cm³/mol. The fourth-order valence-electron chi connectivity index (χ4n) is 2.28. The van der Waals surface area contributed by atoms with Gasteiger partial charge in [-0.15, -0.1) is 0 Å². The molecule has 1 heterocycles. The van der Waals surface area contributed by atoms with Crippen LogP contribution in [0.4, 0.5) is 5.69 Å². The first kappa shape index (κ1) is 14.8. The molecule has 1 aromatic carbocycles. The summed E-state index contributed by atoms with van der Waals surface area (Å²) in [6.45, 7) is 5.28. The van der Waals surface area contributed by atoms with Gasteiger partial charge >= 0.3 is 0 Å². The maximum atomic E-state index is 11.4. The summed E-state index contributed by atoms with van der Waals surface area (Å²) in [5.41, 5.74) is 1.79. The summed E-state index contributed by atoms with van der Waals surface area (Å²) < 4.78 is 0. The summed E-state index contributed by atoms with van der Waals surface area (Å²) in [6, 6.07) is 5.90. The van der Waals surface area contributed by atoms with E-state index >= 15 is 0 Å².